The summed E-state index contributed by atoms with van der Waals surface area (Å²) in [5.41, 5.74) is 0. The van der Waals surface area contributed by atoms with Crippen LogP contribution in [-0.2, 0) is 20.8 Å². The number of carboxylic acids is 1. The number of Topliss-reactive ketones (excluding diaryl/α,β-unsaturated/α-hetero) is 1. The molecule has 8 heteroatoms. The van der Waals surface area contributed by atoms with E-state index >= 15 is 0 Å². The van der Waals surface area contributed by atoms with E-state index in [-0.39, 0.29) is 43.4 Å². The molecule has 0 unspecified atom stereocenters. The van der Waals surface area contributed by atoms with E-state index in [4.69, 9.17) is 5.11 Å². The Balaban J connectivity index is 2.05. The molecule has 0 bridgehead atoms. The van der Waals surface area contributed by atoms with Crippen molar-refractivity contribution in [3.63, 3.8) is 0 Å². The SMILES string of the molecule is O=C(O)CCc1nc(N2CC(=O)CC2=O)n[nH]1. The number of aryl methyl sites for hydroxylation is 1. The van der Waals surface area contributed by atoms with E-state index < -0.39 is 5.97 Å². The predicted octanol–water partition coefficient (Wildman–Crippen LogP) is -0.872. The van der Waals surface area contributed by atoms with Crippen molar-refractivity contribution in [3.05, 3.63) is 5.82 Å². The first-order chi connectivity index (χ1) is 8.06. The van der Waals surface area contributed by atoms with Gasteiger partial charge in [-0.2, -0.15) is 4.98 Å². The standard InChI is InChI=1S/C9H10N4O4/c14-5-3-7(15)13(4-5)9-10-6(11-12-9)1-2-8(16)17/h1-4H2,(H,16,17)(H,10,11,12). The Morgan fingerprint density at radius 2 is 2.24 bits per heavy atom. The molecule has 1 saturated heterocycles. The topological polar surface area (TPSA) is 116 Å². The number of carbonyl (C=O) groups is 3. The average molecular weight is 238 g/mol. The second-order valence-corrected chi connectivity index (χ2v) is 3.67. The summed E-state index contributed by atoms with van der Waals surface area (Å²) in [6.45, 7) is -0.0188. The summed E-state index contributed by atoms with van der Waals surface area (Å²) in [6, 6.07) is 0. The number of aromatic amines is 1. The van der Waals surface area contributed by atoms with Crippen LogP contribution in [0.25, 0.3) is 0 Å². The molecule has 0 spiro atoms. The Hall–Kier alpha value is -2.25. The molecule has 0 aliphatic carbocycles. The molecule has 0 atom stereocenters. The molecule has 0 aromatic carbocycles. The van der Waals surface area contributed by atoms with Crippen molar-refractivity contribution in [2.75, 3.05) is 11.4 Å². The highest BCUT2D eigenvalue weighted by molar-refractivity contribution is 6.14. The number of anilines is 1. The number of nitrogens with zero attached hydrogens (tertiary/aromatic N) is 3. The van der Waals surface area contributed by atoms with Crippen molar-refractivity contribution in [2.24, 2.45) is 0 Å². The summed E-state index contributed by atoms with van der Waals surface area (Å²) in [5.74, 6) is -0.933. The van der Waals surface area contributed by atoms with Gasteiger partial charge in [-0.25, -0.2) is 0 Å². The van der Waals surface area contributed by atoms with E-state index in [2.05, 4.69) is 15.2 Å². The number of hydrogen-bond acceptors (Lipinski definition) is 5. The molecule has 0 radical (unpaired) electrons. The molecule has 2 heterocycles. The monoisotopic (exact) mass is 238 g/mol. The number of aromatic nitrogens is 3. The molecule has 2 N–H and O–H groups in total. The molecule has 90 valence electrons. The van der Waals surface area contributed by atoms with E-state index in [0.717, 1.165) is 0 Å². The first kappa shape index (κ1) is 11.2. The lowest BCUT2D eigenvalue weighted by Crippen LogP contribution is -2.25. The molecular weight excluding hydrogens is 228 g/mol. The van der Waals surface area contributed by atoms with Crippen LogP contribution in [-0.4, -0.2) is 44.5 Å². The molecule has 1 amide bonds. The zero-order chi connectivity index (χ0) is 12.4. The zero-order valence-corrected chi connectivity index (χ0v) is 8.84. The van der Waals surface area contributed by atoms with Crippen molar-refractivity contribution in [2.45, 2.75) is 19.3 Å². The highest BCUT2D eigenvalue weighted by Gasteiger charge is 2.31. The molecule has 2 rings (SSSR count). The largest absolute Gasteiger partial charge is 0.481 e. The fourth-order valence-electron chi connectivity index (χ4n) is 1.51. The minimum Gasteiger partial charge on any atom is -0.481 e. The van der Waals surface area contributed by atoms with Gasteiger partial charge >= 0.3 is 5.97 Å². The number of H-pyrrole nitrogens is 1. The highest BCUT2D eigenvalue weighted by atomic mass is 16.4. The van der Waals surface area contributed by atoms with Gasteiger partial charge in [0.1, 0.15) is 5.82 Å². The Morgan fingerprint density at radius 3 is 2.82 bits per heavy atom. The Bertz CT molecular complexity index is 481. The predicted molar refractivity (Wildman–Crippen MR) is 54.3 cm³/mol. The number of carbonyl (C=O) groups excluding carboxylic acids is 2. The Kier molecular flexibility index (Phi) is 2.86. The number of aliphatic carboxylic acids is 1. The van der Waals surface area contributed by atoms with Crippen LogP contribution in [0.2, 0.25) is 0 Å². The summed E-state index contributed by atoms with van der Waals surface area (Å²) < 4.78 is 0. The normalized spacial score (nSPS) is 15.6. The van der Waals surface area contributed by atoms with Gasteiger partial charge in [0.2, 0.25) is 5.91 Å². The number of amides is 1. The van der Waals surface area contributed by atoms with Crippen molar-refractivity contribution >= 4 is 23.6 Å². The van der Waals surface area contributed by atoms with Gasteiger partial charge in [-0.1, -0.05) is 0 Å². The van der Waals surface area contributed by atoms with Gasteiger partial charge < -0.3 is 5.11 Å². The number of hydrogen-bond donors (Lipinski definition) is 2. The molecular formula is C9H10N4O4. The van der Waals surface area contributed by atoms with E-state index in [9.17, 15) is 14.4 Å². The maximum Gasteiger partial charge on any atom is 0.303 e. The van der Waals surface area contributed by atoms with Crippen LogP contribution in [0.4, 0.5) is 5.95 Å². The van der Waals surface area contributed by atoms with Gasteiger partial charge in [-0.15, -0.1) is 5.10 Å². The molecule has 1 aliphatic rings. The summed E-state index contributed by atoms with van der Waals surface area (Å²) in [6.07, 6.45) is 0.0127. The molecule has 1 aromatic rings. The Morgan fingerprint density at radius 1 is 1.47 bits per heavy atom. The van der Waals surface area contributed by atoms with E-state index in [0.29, 0.717) is 5.82 Å². The van der Waals surface area contributed by atoms with Gasteiger partial charge in [0.25, 0.3) is 5.95 Å². The van der Waals surface area contributed by atoms with Crippen molar-refractivity contribution in [1.29, 1.82) is 0 Å². The minimum absolute atomic E-state index is 0.0188. The van der Waals surface area contributed by atoms with Crippen LogP contribution >= 0.6 is 0 Å². The lowest BCUT2D eigenvalue weighted by atomic mass is 10.3. The van der Waals surface area contributed by atoms with Gasteiger partial charge in [0.15, 0.2) is 5.78 Å². The molecule has 1 aliphatic heterocycles. The molecule has 8 nitrogen and oxygen atoms in total. The third-order valence-electron chi connectivity index (χ3n) is 2.32. The van der Waals surface area contributed by atoms with E-state index in [1.54, 1.807) is 0 Å². The molecule has 1 aromatic heterocycles. The number of rotatable bonds is 4. The van der Waals surface area contributed by atoms with Gasteiger partial charge in [0, 0.05) is 6.42 Å². The number of carboxylic acid groups (broad SMARTS) is 1. The van der Waals surface area contributed by atoms with Gasteiger partial charge in [-0.05, 0) is 0 Å². The van der Waals surface area contributed by atoms with Crippen LogP contribution in [0.5, 0.6) is 0 Å². The third kappa shape index (κ3) is 2.47. The smallest absolute Gasteiger partial charge is 0.303 e. The van der Waals surface area contributed by atoms with Gasteiger partial charge in [-0.3, -0.25) is 24.4 Å². The summed E-state index contributed by atoms with van der Waals surface area (Å²) in [5, 5.41) is 14.8. The lowest BCUT2D eigenvalue weighted by molar-refractivity contribution is -0.137. The zero-order valence-electron chi connectivity index (χ0n) is 8.84. The summed E-state index contributed by atoms with van der Waals surface area (Å²) >= 11 is 0. The highest BCUT2D eigenvalue weighted by Crippen LogP contribution is 2.14. The number of ketones is 1. The van der Waals surface area contributed by atoms with Crippen molar-refractivity contribution in [3.8, 4) is 0 Å². The summed E-state index contributed by atoms with van der Waals surface area (Å²) in [4.78, 5) is 37.9. The lowest BCUT2D eigenvalue weighted by Gasteiger charge is -2.07. The van der Waals surface area contributed by atoms with Crippen molar-refractivity contribution in [1.82, 2.24) is 15.2 Å². The fraction of sp³-hybridized carbons (Fsp3) is 0.444. The second-order valence-electron chi connectivity index (χ2n) is 3.67. The van der Waals surface area contributed by atoms with Crippen LogP contribution < -0.4 is 4.90 Å². The van der Waals surface area contributed by atoms with E-state index in [1.807, 2.05) is 0 Å². The Labute approximate surface area is 95.6 Å². The minimum atomic E-state index is -0.935. The maximum atomic E-state index is 11.4. The first-order valence-electron chi connectivity index (χ1n) is 5.01. The quantitative estimate of drug-likeness (QED) is 0.658. The molecule has 1 fully saturated rings. The first-order valence-corrected chi connectivity index (χ1v) is 5.01. The van der Waals surface area contributed by atoms with Crippen molar-refractivity contribution < 1.29 is 19.5 Å². The summed E-state index contributed by atoms with van der Waals surface area (Å²) in [7, 11) is 0. The maximum absolute atomic E-state index is 11.4. The molecule has 17 heavy (non-hydrogen) atoms. The third-order valence-corrected chi connectivity index (χ3v) is 2.32. The van der Waals surface area contributed by atoms with Crippen LogP contribution in [0, 0.1) is 0 Å². The van der Waals surface area contributed by atoms with Crippen LogP contribution in [0.1, 0.15) is 18.7 Å². The number of nitrogens with one attached hydrogen (secondary N) is 1. The van der Waals surface area contributed by atoms with Crippen LogP contribution in [0.3, 0.4) is 0 Å². The van der Waals surface area contributed by atoms with E-state index in [1.165, 1.54) is 4.90 Å². The second kappa shape index (κ2) is 4.32. The average Bonchev–Trinajstić information content (AvgIpc) is 2.82. The molecule has 0 saturated carbocycles. The fourth-order valence-corrected chi connectivity index (χ4v) is 1.51. The van der Waals surface area contributed by atoms with Crippen LogP contribution in [0.15, 0.2) is 0 Å². The van der Waals surface area contributed by atoms with Gasteiger partial charge in [0.05, 0.1) is 19.4 Å².